The molecule has 9 heteroatoms. The van der Waals surface area contributed by atoms with Gasteiger partial charge in [0.05, 0.1) is 4.90 Å². The van der Waals surface area contributed by atoms with Crippen molar-refractivity contribution in [2.24, 2.45) is 5.92 Å². The maximum atomic E-state index is 12.8. The molecule has 0 bridgehead atoms. The van der Waals surface area contributed by atoms with Crippen molar-refractivity contribution in [1.29, 1.82) is 0 Å². The van der Waals surface area contributed by atoms with Gasteiger partial charge in [0, 0.05) is 24.5 Å². The van der Waals surface area contributed by atoms with Crippen LogP contribution in [0.4, 0.5) is 0 Å². The molecule has 1 saturated heterocycles. The van der Waals surface area contributed by atoms with Crippen LogP contribution >= 0.6 is 11.3 Å². The number of rotatable bonds is 4. The Bertz CT molecular complexity index is 968. The van der Waals surface area contributed by atoms with Gasteiger partial charge in [0.1, 0.15) is 10.6 Å². The molecule has 1 aromatic heterocycles. The minimum absolute atomic E-state index is 0.133. The molecule has 7 nitrogen and oxygen atoms in total. The molecule has 0 radical (unpaired) electrons. The lowest BCUT2D eigenvalue weighted by molar-refractivity contribution is 0.0739. The summed E-state index contributed by atoms with van der Waals surface area (Å²) in [4.78, 5) is 12.8. The maximum absolute atomic E-state index is 12.8. The first-order valence-corrected chi connectivity index (χ1v) is 11.0. The third kappa shape index (κ3) is 3.67. The molecule has 2 aromatic rings. The van der Waals surface area contributed by atoms with Gasteiger partial charge in [-0.15, -0.1) is 11.3 Å². The van der Waals surface area contributed by atoms with Gasteiger partial charge >= 0.3 is 5.97 Å². The van der Waals surface area contributed by atoms with E-state index in [1.54, 1.807) is 18.2 Å². The predicted octanol–water partition coefficient (Wildman–Crippen LogP) is 3.12. The molecule has 2 aliphatic heterocycles. The van der Waals surface area contributed by atoms with Crippen molar-refractivity contribution in [2.45, 2.75) is 24.7 Å². The Kier molecular flexibility index (Phi) is 4.83. The lowest BCUT2D eigenvalue weighted by Crippen LogP contribution is -2.38. The van der Waals surface area contributed by atoms with E-state index in [2.05, 4.69) is 0 Å². The number of nitrogens with zero attached hydrogens (tertiary/aromatic N) is 1. The van der Waals surface area contributed by atoms with E-state index in [1.165, 1.54) is 15.8 Å². The second-order valence-corrected chi connectivity index (χ2v) is 9.51. The van der Waals surface area contributed by atoms with E-state index in [0.717, 1.165) is 24.2 Å². The van der Waals surface area contributed by atoms with Crippen LogP contribution in [-0.2, 0) is 10.0 Å². The third-order valence-electron chi connectivity index (χ3n) is 4.59. The molecule has 27 heavy (non-hydrogen) atoms. The summed E-state index contributed by atoms with van der Waals surface area (Å²) in [5, 5.41) is 1.49. The number of piperidine rings is 1. The van der Waals surface area contributed by atoms with Gasteiger partial charge in [-0.25, -0.2) is 13.2 Å². The minimum atomic E-state index is -3.59. The summed E-state index contributed by atoms with van der Waals surface area (Å²) < 4.78 is 42.9. The Morgan fingerprint density at radius 1 is 1.26 bits per heavy atom. The molecule has 0 N–H and O–H groups in total. The van der Waals surface area contributed by atoms with Crippen LogP contribution in [-0.4, -0.2) is 38.6 Å². The summed E-state index contributed by atoms with van der Waals surface area (Å²) in [6, 6.07) is 6.22. The molecule has 144 valence electrons. The van der Waals surface area contributed by atoms with Gasteiger partial charge in [-0.1, -0.05) is 6.92 Å². The summed E-state index contributed by atoms with van der Waals surface area (Å²) in [5.74, 6) is 1.14. The van der Waals surface area contributed by atoms with Crippen LogP contribution in [0.2, 0.25) is 0 Å². The van der Waals surface area contributed by atoms with Crippen LogP contribution in [0.15, 0.2) is 34.5 Å². The maximum Gasteiger partial charge on any atom is 0.353 e. The molecule has 1 aromatic carbocycles. The van der Waals surface area contributed by atoms with E-state index in [-0.39, 0.29) is 16.6 Å². The number of thiophene rings is 1. The van der Waals surface area contributed by atoms with Crippen LogP contribution in [0.3, 0.4) is 0 Å². The standard InChI is InChI=1S/C18H19NO6S2/c1-12-3-2-6-19(9-12)27(21,22)14-8-17(26-10-14)18(20)25-13-4-5-15-16(7-13)24-11-23-15/h4-5,7-8,10,12H,2-3,6,9,11H2,1H3. The van der Waals surface area contributed by atoms with Crippen molar-refractivity contribution in [3.8, 4) is 17.2 Å². The summed E-state index contributed by atoms with van der Waals surface area (Å²) in [7, 11) is -3.59. The van der Waals surface area contributed by atoms with Crippen molar-refractivity contribution in [1.82, 2.24) is 4.31 Å². The number of carbonyl (C=O) groups is 1. The monoisotopic (exact) mass is 409 g/mol. The van der Waals surface area contributed by atoms with Gasteiger partial charge in [-0.05, 0) is 37.0 Å². The van der Waals surface area contributed by atoms with E-state index in [0.29, 0.717) is 36.3 Å². The molecule has 3 heterocycles. The van der Waals surface area contributed by atoms with Crippen LogP contribution in [0, 0.1) is 5.92 Å². The molecule has 0 spiro atoms. The van der Waals surface area contributed by atoms with Crippen molar-refractivity contribution in [2.75, 3.05) is 19.9 Å². The molecule has 0 saturated carbocycles. The SMILES string of the molecule is CC1CCCN(S(=O)(=O)c2csc(C(=O)Oc3ccc4c(c3)OCO4)c2)C1. The smallest absolute Gasteiger partial charge is 0.353 e. The fourth-order valence-corrected chi connectivity index (χ4v) is 5.91. The largest absolute Gasteiger partial charge is 0.454 e. The van der Waals surface area contributed by atoms with Crippen LogP contribution < -0.4 is 14.2 Å². The van der Waals surface area contributed by atoms with Crippen LogP contribution in [0.25, 0.3) is 0 Å². The van der Waals surface area contributed by atoms with E-state index in [4.69, 9.17) is 14.2 Å². The first-order valence-electron chi connectivity index (χ1n) is 8.64. The highest BCUT2D eigenvalue weighted by atomic mass is 32.2. The number of fused-ring (bicyclic) bond motifs is 1. The lowest BCUT2D eigenvalue weighted by atomic mass is 10.0. The number of sulfonamides is 1. The Labute approximate surface area is 161 Å². The highest BCUT2D eigenvalue weighted by Gasteiger charge is 2.30. The second-order valence-electron chi connectivity index (χ2n) is 6.66. The van der Waals surface area contributed by atoms with Crippen molar-refractivity contribution in [3.05, 3.63) is 34.5 Å². The van der Waals surface area contributed by atoms with E-state index in [9.17, 15) is 13.2 Å². The van der Waals surface area contributed by atoms with E-state index < -0.39 is 16.0 Å². The first kappa shape index (κ1) is 18.3. The zero-order valence-electron chi connectivity index (χ0n) is 14.7. The first-order chi connectivity index (χ1) is 12.9. The molecule has 0 amide bonds. The Balaban J connectivity index is 1.49. The van der Waals surface area contributed by atoms with Crippen LogP contribution in [0.1, 0.15) is 29.4 Å². The summed E-state index contributed by atoms with van der Waals surface area (Å²) in [6.07, 6.45) is 1.88. The molecule has 4 rings (SSSR count). The Morgan fingerprint density at radius 2 is 2.07 bits per heavy atom. The molecule has 1 atom stereocenters. The molecular formula is C18H19NO6S2. The number of hydrogen-bond acceptors (Lipinski definition) is 7. The zero-order valence-corrected chi connectivity index (χ0v) is 16.3. The van der Waals surface area contributed by atoms with E-state index >= 15 is 0 Å². The van der Waals surface area contributed by atoms with Crippen molar-refractivity contribution < 1.29 is 27.4 Å². The quantitative estimate of drug-likeness (QED) is 0.570. The molecule has 1 fully saturated rings. The van der Waals surface area contributed by atoms with E-state index in [1.807, 2.05) is 6.92 Å². The summed E-state index contributed by atoms with van der Waals surface area (Å²) in [6.45, 7) is 3.20. The second kappa shape index (κ2) is 7.14. The minimum Gasteiger partial charge on any atom is -0.454 e. The van der Waals surface area contributed by atoms with Gasteiger partial charge in [0.15, 0.2) is 11.5 Å². The van der Waals surface area contributed by atoms with Crippen molar-refractivity contribution >= 4 is 27.3 Å². The van der Waals surface area contributed by atoms with Gasteiger partial charge in [-0.3, -0.25) is 0 Å². The lowest BCUT2D eigenvalue weighted by Gasteiger charge is -2.29. The Morgan fingerprint density at radius 3 is 2.89 bits per heavy atom. The summed E-state index contributed by atoms with van der Waals surface area (Å²) >= 11 is 1.06. The number of ether oxygens (including phenoxy) is 3. The molecule has 1 unspecified atom stereocenters. The Hall–Kier alpha value is -2.10. The zero-order chi connectivity index (χ0) is 19.0. The molecular weight excluding hydrogens is 390 g/mol. The van der Waals surface area contributed by atoms with Gasteiger partial charge in [0.25, 0.3) is 0 Å². The highest BCUT2D eigenvalue weighted by molar-refractivity contribution is 7.89. The van der Waals surface area contributed by atoms with Gasteiger partial charge < -0.3 is 14.2 Å². The average molecular weight is 409 g/mol. The highest BCUT2D eigenvalue weighted by Crippen LogP contribution is 2.35. The number of esters is 1. The average Bonchev–Trinajstić information content (AvgIpc) is 3.31. The summed E-state index contributed by atoms with van der Waals surface area (Å²) in [5.41, 5.74) is 0. The fourth-order valence-electron chi connectivity index (χ4n) is 3.17. The normalized spacial score (nSPS) is 19.8. The number of hydrogen-bond donors (Lipinski definition) is 0. The molecule has 2 aliphatic rings. The predicted molar refractivity (Wildman–Crippen MR) is 99.0 cm³/mol. The fraction of sp³-hybridized carbons (Fsp3) is 0.389. The van der Waals surface area contributed by atoms with Crippen LogP contribution in [0.5, 0.6) is 17.2 Å². The van der Waals surface area contributed by atoms with Gasteiger partial charge in [0.2, 0.25) is 16.8 Å². The van der Waals surface area contributed by atoms with Crippen molar-refractivity contribution in [3.63, 3.8) is 0 Å². The van der Waals surface area contributed by atoms with Gasteiger partial charge in [-0.2, -0.15) is 4.31 Å². The topological polar surface area (TPSA) is 82.1 Å². The third-order valence-corrected chi connectivity index (χ3v) is 7.49. The molecule has 0 aliphatic carbocycles. The number of carbonyl (C=O) groups excluding carboxylic acids is 1. The number of benzene rings is 1.